The van der Waals surface area contributed by atoms with E-state index in [0.29, 0.717) is 21.4 Å². The number of aromatic hydroxyl groups is 1. The van der Waals surface area contributed by atoms with Gasteiger partial charge in [0, 0.05) is 31.1 Å². The number of phenolic OH excluding ortho intramolecular Hbond substituents is 1. The lowest BCUT2D eigenvalue weighted by Gasteiger charge is -2.02. The van der Waals surface area contributed by atoms with Gasteiger partial charge >= 0.3 is 0 Å². The molecular weight excluding hydrogens is 558 g/mol. The van der Waals surface area contributed by atoms with E-state index in [0.717, 1.165) is 29.4 Å². The van der Waals surface area contributed by atoms with Crippen molar-refractivity contribution in [2.24, 2.45) is 4.99 Å². The molecule has 0 aliphatic heterocycles. The van der Waals surface area contributed by atoms with Gasteiger partial charge in [0.25, 0.3) is 0 Å². The van der Waals surface area contributed by atoms with Gasteiger partial charge in [-0.2, -0.15) is 0 Å². The van der Waals surface area contributed by atoms with Crippen LogP contribution in [-0.4, -0.2) is 16.3 Å². The molecule has 0 amide bonds. The van der Waals surface area contributed by atoms with Crippen molar-refractivity contribution in [1.29, 1.82) is 0 Å². The summed E-state index contributed by atoms with van der Waals surface area (Å²) in [5.41, 5.74) is 3.43. The number of aliphatic imine (C=N–C) groups is 1. The van der Waals surface area contributed by atoms with Crippen molar-refractivity contribution in [3.63, 3.8) is 0 Å². The Morgan fingerprint density at radius 1 is 1.10 bits per heavy atom. The number of thioether (sulfide) groups is 1. The maximum atomic E-state index is 9.95. The number of thiazole rings is 1. The van der Waals surface area contributed by atoms with Crippen LogP contribution in [0.1, 0.15) is 11.1 Å². The van der Waals surface area contributed by atoms with Crippen LogP contribution >= 0.6 is 68.9 Å². The van der Waals surface area contributed by atoms with Crippen LogP contribution in [0, 0.1) is 3.57 Å². The average molecular weight is 571 g/mol. The van der Waals surface area contributed by atoms with Crippen molar-refractivity contribution in [3.8, 4) is 5.75 Å². The Bertz CT molecular complexity index is 1230. The minimum atomic E-state index is 0.214. The van der Waals surface area contributed by atoms with E-state index in [9.17, 15) is 5.11 Å². The highest BCUT2D eigenvalue weighted by Crippen LogP contribution is 2.35. The van der Waals surface area contributed by atoms with Gasteiger partial charge in [-0.05, 0) is 82.8 Å². The van der Waals surface area contributed by atoms with E-state index in [1.165, 1.54) is 0 Å². The highest BCUT2D eigenvalue weighted by Gasteiger charge is 2.08. The molecule has 4 rings (SSSR count). The Morgan fingerprint density at radius 3 is 2.83 bits per heavy atom. The van der Waals surface area contributed by atoms with Crippen molar-refractivity contribution in [1.82, 2.24) is 4.98 Å². The number of rotatable bonds is 5. The summed E-state index contributed by atoms with van der Waals surface area (Å²) >= 11 is 17.8. The molecule has 0 aliphatic rings. The molecule has 0 saturated heterocycles. The molecule has 0 spiro atoms. The third kappa shape index (κ3) is 5.24. The van der Waals surface area contributed by atoms with Gasteiger partial charge in [0.2, 0.25) is 0 Å². The number of aromatic nitrogens is 1. The second kappa shape index (κ2) is 9.22. The molecule has 3 nitrogen and oxygen atoms in total. The molecule has 0 fully saturated rings. The number of hydrogen-bond acceptors (Lipinski definition) is 5. The van der Waals surface area contributed by atoms with E-state index in [1.54, 1.807) is 41.4 Å². The topological polar surface area (TPSA) is 45.5 Å². The van der Waals surface area contributed by atoms with Crippen LogP contribution in [0.4, 0.5) is 5.69 Å². The molecule has 0 radical (unpaired) electrons. The molecule has 0 unspecified atom stereocenters. The second-order valence-corrected chi connectivity index (χ2v) is 10.5. The van der Waals surface area contributed by atoms with Crippen LogP contribution in [0.25, 0.3) is 10.2 Å². The number of nitrogens with zero attached hydrogens (tertiary/aromatic N) is 2. The van der Waals surface area contributed by atoms with Crippen LogP contribution in [0.15, 0.2) is 63.9 Å². The van der Waals surface area contributed by atoms with Crippen molar-refractivity contribution >= 4 is 91.0 Å². The predicted molar refractivity (Wildman–Crippen MR) is 134 cm³/mol. The fraction of sp³-hybridized carbons (Fsp3) is 0.0476. The average Bonchev–Trinajstić information content (AvgIpc) is 3.11. The molecule has 29 heavy (non-hydrogen) atoms. The SMILES string of the molecule is Oc1ccc(I)cc1C=Nc1ccc2nc(SCc3cc(Cl)ccc3Cl)sc2c1. The van der Waals surface area contributed by atoms with Gasteiger partial charge in [0.1, 0.15) is 5.75 Å². The van der Waals surface area contributed by atoms with Crippen LogP contribution in [0.2, 0.25) is 10.0 Å². The van der Waals surface area contributed by atoms with Gasteiger partial charge in [-0.15, -0.1) is 11.3 Å². The standard InChI is InChI=1S/C21H13Cl2IN2OS2/c22-14-1-4-17(23)13(7-14)11-28-21-26-18-5-3-16(9-20(18)29-21)25-10-12-8-15(24)2-6-19(12)27/h1-10,27H,11H2. The molecule has 0 atom stereocenters. The Balaban J connectivity index is 1.52. The summed E-state index contributed by atoms with van der Waals surface area (Å²) in [5, 5.41) is 11.3. The summed E-state index contributed by atoms with van der Waals surface area (Å²) < 4.78 is 3.07. The predicted octanol–water partition coefficient (Wildman–Crippen LogP) is 7.96. The molecule has 1 N–H and O–H groups in total. The molecule has 0 bridgehead atoms. The van der Waals surface area contributed by atoms with Gasteiger partial charge in [0.05, 0.1) is 15.9 Å². The monoisotopic (exact) mass is 570 g/mol. The zero-order chi connectivity index (χ0) is 20.4. The van der Waals surface area contributed by atoms with Crippen LogP contribution in [-0.2, 0) is 5.75 Å². The lowest BCUT2D eigenvalue weighted by atomic mass is 10.2. The van der Waals surface area contributed by atoms with E-state index in [-0.39, 0.29) is 5.75 Å². The number of benzene rings is 3. The number of halogens is 3. The largest absolute Gasteiger partial charge is 0.507 e. The summed E-state index contributed by atoms with van der Waals surface area (Å²) in [6, 6.07) is 16.8. The maximum Gasteiger partial charge on any atom is 0.151 e. The normalized spacial score (nSPS) is 11.6. The zero-order valence-corrected chi connectivity index (χ0v) is 20.1. The summed E-state index contributed by atoms with van der Waals surface area (Å²) in [4.78, 5) is 9.18. The first-order valence-electron chi connectivity index (χ1n) is 8.48. The smallest absolute Gasteiger partial charge is 0.151 e. The first-order valence-corrected chi connectivity index (χ1v) is 12.1. The molecule has 1 aromatic heterocycles. The lowest BCUT2D eigenvalue weighted by molar-refractivity contribution is 0.474. The molecule has 0 saturated carbocycles. The first-order chi connectivity index (χ1) is 14.0. The summed E-state index contributed by atoms with van der Waals surface area (Å²) in [6.45, 7) is 0. The molecule has 3 aromatic carbocycles. The third-order valence-corrected chi connectivity index (χ3v) is 7.54. The van der Waals surface area contributed by atoms with E-state index in [1.807, 2.05) is 42.5 Å². The number of fused-ring (bicyclic) bond motifs is 1. The Hall–Kier alpha value is -1.32. The Kier molecular flexibility index (Phi) is 6.66. The van der Waals surface area contributed by atoms with Gasteiger partial charge in [-0.3, -0.25) is 4.99 Å². The molecule has 1 heterocycles. The third-order valence-electron chi connectivity index (χ3n) is 4.05. The number of phenols is 1. The highest BCUT2D eigenvalue weighted by molar-refractivity contribution is 14.1. The maximum absolute atomic E-state index is 9.95. The van der Waals surface area contributed by atoms with E-state index in [2.05, 4.69) is 32.6 Å². The van der Waals surface area contributed by atoms with Crippen LogP contribution in [0.5, 0.6) is 5.75 Å². The number of hydrogen-bond donors (Lipinski definition) is 1. The zero-order valence-electron chi connectivity index (χ0n) is 14.8. The molecule has 0 aliphatic carbocycles. The Labute approximate surface area is 199 Å². The van der Waals surface area contributed by atoms with Gasteiger partial charge in [-0.1, -0.05) is 35.0 Å². The Morgan fingerprint density at radius 2 is 1.97 bits per heavy atom. The first kappa shape index (κ1) is 20.9. The molecular formula is C21H13Cl2IN2OS2. The molecule has 8 heteroatoms. The summed E-state index contributed by atoms with van der Waals surface area (Å²) in [7, 11) is 0. The van der Waals surface area contributed by atoms with Gasteiger partial charge < -0.3 is 5.11 Å². The molecule has 146 valence electrons. The van der Waals surface area contributed by atoms with E-state index >= 15 is 0 Å². The fourth-order valence-electron chi connectivity index (χ4n) is 2.60. The summed E-state index contributed by atoms with van der Waals surface area (Å²) in [6.07, 6.45) is 1.68. The minimum Gasteiger partial charge on any atom is -0.507 e. The van der Waals surface area contributed by atoms with Gasteiger partial charge in [0.15, 0.2) is 4.34 Å². The minimum absolute atomic E-state index is 0.214. The molecule has 4 aromatic rings. The highest BCUT2D eigenvalue weighted by atomic mass is 127. The van der Waals surface area contributed by atoms with Crippen molar-refractivity contribution < 1.29 is 5.11 Å². The van der Waals surface area contributed by atoms with E-state index < -0.39 is 0 Å². The second-order valence-electron chi connectivity index (χ2n) is 6.12. The van der Waals surface area contributed by atoms with Crippen molar-refractivity contribution in [3.05, 3.63) is 79.3 Å². The van der Waals surface area contributed by atoms with Crippen LogP contribution in [0.3, 0.4) is 0 Å². The van der Waals surface area contributed by atoms with Crippen molar-refractivity contribution in [2.75, 3.05) is 0 Å². The van der Waals surface area contributed by atoms with Crippen molar-refractivity contribution in [2.45, 2.75) is 10.1 Å². The quantitative estimate of drug-likeness (QED) is 0.150. The van der Waals surface area contributed by atoms with E-state index in [4.69, 9.17) is 23.2 Å². The fourth-order valence-corrected chi connectivity index (χ4v) is 5.67. The lowest BCUT2D eigenvalue weighted by Crippen LogP contribution is -1.83. The van der Waals surface area contributed by atoms with Gasteiger partial charge in [-0.25, -0.2) is 4.98 Å². The summed E-state index contributed by atoms with van der Waals surface area (Å²) in [5.74, 6) is 0.919. The van der Waals surface area contributed by atoms with Crippen LogP contribution < -0.4 is 0 Å².